The van der Waals surface area contributed by atoms with Gasteiger partial charge in [0, 0.05) is 12.1 Å². The van der Waals surface area contributed by atoms with Gasteiger partial charge >= 0.3 is 0 Å². The van der Waals surface area contributed by atoms with Crippen LogP contribution in [0.3, 0.4) is 0 Å². The van der Waals surface area contributed by atoms with Gasteiger partial charge in [-0.25, -0.2) is 0 Å². The van der Waals surface area contributed by atoms with Crippen molar-refractivity contribution in [1.82, 2.24) is 9.80 Å². The number of carbonyl (C=O) groups excluding carboxylic acids is 2. The van der Waals surface area contributed by atoms with Gasteiger partial charge in [-0.15, -0.1) is 0 Å². The van der Waals surface area contributed by atoms with Crippen LogP contribution in [0.15, 0.2) is 35.9 Å². The molecule has 0 unspecified atom stereocenters. The molecule has 1 aliphatic heterocycles. The van der Waals surface area contributed by atoms with E-state index >= 15 is 0 Å². The molecule has 1 aliphatic rings. The minimum atomic E-state index is -0.844. The van der Waals surface area contributed by atoms with E-state index in [0.29, 0.717) is 47.1 Å². The van der Waals surface area contributed by atoms with E-state index < -0.39 is 17.7 Å². The summed E-state index contributed by atoms with van der Waals surface area (Å²) in [6, 6.07) is 7.65. The van der Waals surface area contributed by atoms with Crippen LogP contribution in [0.5, 0.6) is 23.0 Å². The number of hydrogen-bond donors (Lipinski definition) is 1. The van der Waals surface area contributed by atoms with Crippen molar-refractivity contribution in [3.8, 4) is 23.0 Å². The van der Waals surface area contributed by atoms with Crippen LogP contribution >= 0.6 is 0 Å². The second kappa shape index (κ2) is 11.3. The number of aryl methyl sites for hydroxylation is 1. The van der Waals surface area contributed by atoms with Gasteiger partial charge in [-0.3, -0.25) is 9.59 Å². The predicted octanol–water partition coefficient (Wildman–Crippen LogP) is 3.40. The van der Waals surface area contributed by atoms with E-state index in [1.807, 2.05) is 25.9 Å². The van der Waals surface area contributed by atoms with Crippen molar-refractivity contribution in [1.29, 1.82) is 0 Å². The molecule has 9 heteroatoms. The molecule has 2 aromatic carbocycles. The van der Waals surface area contributed by atoms with Gasteiger partial charge in [-0.1, -0.05) is 0 Å². The van der Waals surface area contributed by atoms with E-state index in [0.717, 1.165) is 12.1 Å². The molecule has 1 atom stereocenters. The quantitative estimate of drug-likeness (QED) is 0.302. The van der Waals surface area contributed by atoms with Gasteiger partial charge in [-0.05, 0) is 75.4 Å². The lowest BCUT2D eigenvalue weighted by molar-refractivity contribution is -0.139. The highest BCUT2D eigenvalue weighted by Crippen LogP contribution is 2.45. The van der Waals surface area contributed by atoms with Crippen LogP contribution in [0.25, 0.3) is 5.76 Å². The fourth-order valence-electron chi connectivity index (χ4n) is 4.45. The Kier molecular flexibility index (Phi) is 8.47. The second-order valence-corrected chi connectivity index (χ2v) is 8.79. The van der Waals surface area contributed by atoms with Crippen LogP contribution in [-0.4, -0.2) is 82.2 Å². The summed E-state index contributed by atoms with van der Waals surface area (Å²) in [5.74, 6) is 0.129. The van der Waals surface area contributed by atoms with Gasteiger partial charge < -0.3 is 33.9 Å². The predicted molar refractivity (Wildman–Crippen MR) is 136 cm³/mol. The second-order valence-electron chi connectivity index (χ2n) is 8.79. The lowest BCUT2D eigenvalue weighted by Crippen LogP contribution is -2.32. The van der Waals surface area contributed by atoms with Crippen LogP contribution < -0.4 is 18.9 Å². The first kappa shape index (κ1) is 26.9. The molecule has 194 valence electrons. The Morgan fingerprint density at radius 2 is 1.56 bits per heavy atom. The molecule has 0 bridgehead atoms. The van der Waals surface area contributed by atoms with Crippen molar-refractivity contribution >= 4 is 17.4 Å². The van der Waals surface area contributed by atoms with Crippen LogP contribution in [0, 0.1) is 6.92 Å². The number of Topliss-reactive ketones (excluding diaryl/α,β-unsaturated/α-hetero) is 1. The molecule has 1 heterocycles. The lowest BCUT2D eigenvalue weighted by Gasteiger charge is -2.27. The summed E-state index contributed by atoms with van der Waals surface area (Å²) in [5.41, 5.74) is 1.76. The van der Waals surface area contributed by atoms with Gasteiger partial charge in [-0.2, -0.15) is 0 Å². The van der Waals surface area contributed by atoms with Crippen LogP contribution in [0.1, 0.15) is 29.2 Å². The molecule has 36 heavy (non-hydrogen) atoms. The Hall–Kier alpha value is -3.72. The molecule has 0 saturated carbocycles. The minimum Gasteiger partial charge on any atom is -0.507 e. The molecular weight excluding hydrogens is 464 g/mol. The standard InChI is InChI=1S/C27H34N2O7/c1-16-13-17(9-10-19(16)33-4)24(30)22-23(29(27(32)25(22)31)12-8-11-28(2)3)18-14-20(34-5)26(36-7)21(15-18)35-6/h9-10,13-15,23,30H,8,11-12H2,1-7H3/t23-/m1/s1. The highest BCUT2D eigenvalue weighted by atomic mass is 16.5. The summed E-state index contributed by atoms with van der Waals surface area (Å²) in [6.07, 6.45) is 0.641. The molecule has 3 rings (SSSR count). The Balaban J connectivity index is 2.23. The minimum absolute atomic E-state index is 0.00342. The molecule has 1 N–H and O–H groups in total. The maximum Gasteiger partial charge on any atom is 0.295 e. The van der Waals surface area contributed by atoms with E-state index in [4.69, 9.17) is 18.9 Å². The van der Waals surface area contributed by atoms with Crippen LogP contribution in [0.2, 0.25) is 0 Å². The van der Waals surface area contributed by atoms with Crippen molar-refractivity contribution in [2.75, 3.05) is 55.6 Å². The maximum atomic E-state index is 13.3. The Bertz CT molecular complexity index is 1150. The van der Waals surface area contributed by atoms with Gasteiger partial charge in [0.15, 0.2) is 11.5 Å². The number of carbonyl (C=O) groups is 2. The van der Waals surface area contributed by atoms with E-state index in [2.05, 4.69) is 0 Å². The molecule has 1 amide bonds. The summed E-state index contributed by atoms with van der Waals surface area (Å²) in [4.78, 5) is 30.0. The topological polar surface area (TPSA) is 97.8 Å². The fourth-order valence-corrected chi connectivity index (χ4v) is 4.45. The number of hydrogen-bond acceptors (Lipinski definition) is 8. The average molecular weight is 499 g/mol. The molecule has 1 saturated heterocycles. The number of aliphatic hydroxyl groups is 1. The molecular formula is C27H34N2O7. The summed E-state index contributed by atoms with van der Waals surface area (Å²) in [5, 5.41) is 11.4. The summed E-state index contributed by atoms with van der Waals surface area (Å²) < 4.78 is 21.8. The first-order valence-electron chi connectivity index (χ1n) is 11.6. The number of nitrogens with zero attached hydrogens (tertiary/aromatic N) is 2. The van der Waals surface area contributed by atoms with E-state index in [1.54, 1.807) is 37.4 Å². The number of amides is 1. The Labute approximate surface area is 211 Å². The third-order valence-electron chi connectivity index (χ3n) is 6.22. The number of rotatable bonds is 10. The van der Waals surface area contributed by atoms with Gasteiger partial charge in [0.25, 0.3) is 11.7 Å². The van der Waals surface area contributed by atoms with Gasteiger partial charge in [0.2, 0.25) is 5.75 Å². The molecule has 0 aliphatic carbocycles. The highest BCUT2D eigenvalue weighted by molar-refractivity contribution is 6.46. The van der Waals surface area contributed by atoms with Gasteiger partial charge in [0.1, 0.15) is 11.5 Å². The van der Waals surface area contributed by atoms with E-state index in [-0.39, 0.29) is 11.3 Å². The number of ether oxygens (including phenoxy) is 4. The van der Waals surface area contributed by atoms with Gasteiger partial charge in [0.05, 0.1) is 40.1 Å². The van der Waals surface area contributed by atoms with Crippen molar-refractivity contribution in [3.05, 3.63) is 52.6 Å². The highest BCUT2D eigenvalue weighted by Gasteiger charge is 2.46. The zero-order chi connectivity index (χ0) is 26.6. The number of aliphatic hydroxyl groups excluding tert-OH is 1. The summed E-state index contributed by atoms with van der Waals surface area (Å²) in [7, 11) is 9.93. The molecule has 1 fully saturated rings. The fraction of sp³-hybridized carbons (Fsp3) is 0.407. The number of likely N-dealkylation sites (tertiary alicyclic amines) is 1. The number of benzene rings is 2. The lowest BCUT2D eigenvalue weighted by atomic mass is 9.94. The third kappa shape index (κ3) is 5.11. The van der Waals surface area contributed by atoms with Crippen molar-refractivity contribution in [2.24, 2.45) is 0 Å². The summed E-state index contributed by atoms with van der Waals surface area (Å²) >= 11 is 0. The molecule has 2 aromatic rings. The van der Waals surface area contributed by atoms with Crippen molar-refractivity contribution < 1.29 is 33.6 Å². The van der Waals surface area contributed by atoms with Crippen LogP contribution in [0.4, 0.5) is 0 Å². The number of ketones is 1. The molecule has 9 nitrogen and oxygen atoms in total. The number of methoxy groups -OCH3 is 4. The van der Waals surface area contributed by atoms with Crippen molar-refractivity contribution in [2.45, 2.75) is 19.4 Å². The van der Waals surface area contributed by atoms with E-state index in [9.17, 15) is 14.7 Å². The third-order valence-corrected chi connectivity index (χ3v) is 6.22. The first-order chi connectivity index (χ1) is 17.2. The smallest absolute Gasteiger partial charge is 0.295 e. The van der Waals surface area contributed by atoms with E-state index in [1.165, 1.54) is 26.2 Å². The maximum absolute atomic E-state index is 13.3. The molecule has 0 spiro atoms. The normalized spacial score (nSPS) is 17.0. The van der Waals surface area contributed by atoms with Crippen LogP contribution in [-0.2, 0) is 9.59 Å². The Morgan fingerprint density at radius 3 is 2.06 bits per heavy atom. The Morgan fingerprint density at radius 1 is 0.944 bits per heavy atom. The zero-order valence-corrected chi connectivity index (χ0v) is 21.9. The first-order valence-corrected chi connectivity index (χ1v) is 11.6. The SMILES string of the molecule is COc1ccc(C(O)=C2C(=O)C(=O)N(CCCN(C)C)[C@@H]2c2cc(OC)c(OC)c(OC)c2)cc1C. The monoisotopic (exact) mass is 498 g/mol. The van der Waals surface area contributed by atoms with Crippen molar-refractivity contribution in [3.63, 3.8) is 0 Å². The largest absolute Gasteiger partial charge is 0.507 e. The summed E-state index contributed by atoms with van der Waals surface area (Å²) in [6.45, 7) is 2.89. The average Bonchev–Trinajstić information content (AvgIpc) is 3.12. The molecule has 0 radical (unpaired) electrons. The zero-order valence-electron chi connectivity index (χ0n) is 21.9. The molecule has 0 aromatic heterocycles.